The summed E-state index contributed by atoms with van der Waals surface area (Å²) in [5.74, 6) is 1.40. The van der Waals surface area contributed by atoms with Gasteiger partial charge in [-0.3, -0.25) is 4.21 Å². The quantitative estimate of drug-likeness (QED) is 0.735. The third-order valence-electron chi connectivity index (χ3n) is 1.89. The normalized spacial score (nSPS) is 13.1. The van der Waals surface area contributed by atoms with Gasteiger partial charge < -0.3 is 10.3 Å². The molecule has 74 valence electrons. The highest BCUT2D eigenvalue weighted by molar-refractivity contribution is 7.84. The first-order valence-corrected chi connectivity index (χ1v) is 5.80. The molecule has 0 aromatic carbocycles. The molecule has 4 nitrogen and oxygen atoms in total. The van der Waals surface area contributed by atoms with Crippen molar-refractivity contribution in [3.8, 4) is 0 Å². The first-order chi connectivity index (χ1) is 6.27. The molecule has 2 N–H and O–H groups in total. The van der Waals surface area contributed by atoms with Crippen molar-refractivity contribution in [2.45, 2.75) is 20.0 Å². The minimum absolute atomic E-state index is 0.485. The van der Waals surface area contributed by atoms with Crippen LogP contribution in [0.4, 0.5) is 0 Å². The number of hydrogen-bond donors (Lipinski definition) is 1. The fourth-order valence-electron chi connectivity index (χ4n) is 1.06. The predicted octanol–water partition coefficient (Wildman–Crippen LogP) is 0.110. The van der Waals surface area contributed by atoms with Gasteiger partial charge in [0, 0.05) is 41.6 Å². The Kier molecular flexibility index (Phi) is 4.11. The van der Waals surface area contributed by atoms with Crippen molar-refractivity contribution in [2.75, 3.05) is 11.5 Å². The minimum Gasteiger partial charge on any atom is -0.333 e. The fourth-order valence-corrected chi connectivity index (χ4v) is 1.75. The molecule has 1 aromatic heterocycles. The molecule has 0 aliphatic carbocycles. The fraction of sp³-hybridized carbons (Fsp3) is 0.625. The number of aryl methyl sites for hydroxylation is 1. The van der Waals surface area contributed by atoms with E-state index in [-0.39, 0.29) is 0 Å². The second-order valence-corrected chi connectivity index (χ2v) is 4.58. The summed E-state index contributed by atoms with van der Waals surface area (Å²) in [5.41, 5.74) is 6.49. The van der Waals surface area contributed by atoms with E-state index in [1.807, 2.05) is 11.5 Å². The Morgan fingerprint density at radius 1 is 1.69 bits per heavy atom. The maximum absolute atomic E-state index is 11.2. The summed E-state index contributed by atoms with van der Waals surface area (Å²) in [6.45, 7) is 3.15. The van der Waals surface area contributed by atoms with Gasteiger partial charge in [0.25, 0.3) is 0 Å². The van der Waals surface area contributed by atoms with E-state index in [4.69, 9.17) is 5.73 Å². The lowest BCUT2D eigenvalue weighted by Crippen LogP contribution is -2.12. The number of hydrogen-bond acceptors (Lipinski definition) is 3. The molecule has 0 bridgehead atoms. The molecule has 0 fully saturated rings. The molecule has 0 saturated carbocycles. The van der Waals surface area contributed by atoms with Gasteiger partial charge in [0.05, 0.1) is 12.0 Å². The highest BCUT2D eigenvalue weighted by Gasteiger charge is 2.01. The highest BCUT2D eigenvalue weighted by atomic mass is 32.2. The van der Waals surface area contributed by atoms with Crippen molar-refractivity contribution in [2.24, 2.45) is 5.73 Å². The van der Waals surface area contributed by atoms with E-state index in [0.717, 1.165) is 12.2 Å². The Morgan fingerprint density at radius 2 is 2.46 bits per heavy atom. The third kappa shape index (κ3) is 2.93. The SMILES string of the molecule is CCS(=O)CCn1cncc1CN. The second kappa shape index (κ2) is 5.14. The van der Waals surface area contributed by atoms with Gasteiger partial charge in [-0.25, -0.2) is 4.98 Å². The van der Waals surface area contributed by atoms with Crippen molar-refractivity contribution in [1.29, 1.82) is 0 Å². The van der Waals surface area contributed by atoms with E-state index in [2.05, 4.69) is 4.98 Å². The Hall–Kier alpha value is -0.680. The summed E-state index contributed by atoms with van der Waals surface area (Å²) >= 11 is 0. The average Bonchev–Trinajstić information content (AvgIpc) is 2.61. The summed E-state index contributed by atoms with van der Waals surface area (Å²) in [4.78, 5) is 3.98. The Morgan fingerprint density at radius 3 is 3.08 bits per heavy atom. The van der Waals surface area contributed by atoms with Crippen LogP contribution < -0.4 is 5.73 Å². The molecule has 0 saturated heterocycles. The summed E-state index contributed by atoms with van der Waals surface area (Å²) in [6.07, 6.45) is 3.48. The van der Waals surface area contributed by atoms with Crippen LogP contribution in [0.15, 0.2) is 12.5 Å². The molecule has 0 aliphatic heterocycles. The molecule has 0 aliphatic rings. The zero-order valence-corrected chi connectivity index (χ0v) is 8.59. The Balaban J connectivity index is 2.49. The monoisotopic (exact) mass is 201 g/mol. The maximum atomic E-state index is 11.2. The van der Waals surface area contributed by atoms with E-state index >= 15 is 0 Å². The zero-order chi connectivity index (χ0) is 9.68. The molecule has 1 rings (SSSR count). The molecule has 0 spiro atoms. The molecule has 1 heterocycles. The van der Waals surface area contributed by atoms with Crippen molar-refractivity contribution in [3.05, 3.63) is 18.2 Å². The van der Waals surface area contributed by atoms with Crippen molar-refractivity contribution >= 4 is 10.8 Å². The Labute approximate surface area is 80.6 Å². The van der Waals surface area contributed by atoms with E-state index < -0.39 is 10.8 Å². The first-order valence-electron chi connectivity index (χ1n) is 4.32. The van der Waals surface area contributed by atoms with Gasteiger partial charge in [0.2, 0.25) is 0 Å². The van der Waals surface area contributed by atoms with Crippen LogP contribution in [0.2, 0.25) is 0 Å². The molecule has 1 atom stereocenters. The summed E-state index contributed by atoms with van der Waals surface area (Å²) in [6, 6.07) is 0. The average molecular weight is 201 g/mol. The molecule has 1 unspecified atom stereocenters. The first kappa shape index (κ1) is 10.4. The van der Waals surface area contributed by atoms with Crippen LogP contribution in [0.1, 0.15) is 12.6 Å². The van der Waals surface area contributed by atoms with Gasteiger partial charge in [-0.15, -0.1) is 0 Å². The van der Waals surface area contributed by atoms with E-state index in [0.29, 0.717) is 18.1 Å². The molecular formula is C8H15N3OS. The standard InChI is InChI=1S/C8H15N3OS/c1-2-13(12)4-3-11-7-10-6-8(11)5-9/h6-7H,2-5,9H2,1H3. The molecule has 5 heteroatoms. The smallest absolute Gasteiger partial charge is 0.0948 e. The minimum atomic E-state index is -0.711. The topological polar surface area (TPSA) is 60.9 Å². The van der Waals surface area contributed by atoms with E-state index in [1.165, 1.54) is 0 Å². The van der Waals surface area contributed by atoms with Gasteiger partial charge in [-0.1, -0.05) is 6.92 Å². The van der Waals surface area contributed by atoms with Gasteiger partial charge in [0.15, 0.2) is 0 Å². The van der Waals surface area contributed by atoms with E-state index in [9.17, 15) is 4.21 Å². The zero-order valence-electron chi connectivity index (χ0n) is 7.77. The van der Waals surface area contributed by atoms with Crippen molar-refractivity contribution in [1.82, 2.24) is 9.55 Å². The van der Waals surface area contributed by atoms with Crippen LogP contribution in [0, 0.1) is 0 Å². The molecule has 1 aromatic rings. The second-order valence-electron chi connectivity index (χ2n) is 2.72. The summed E-state index contributed by atoms with van der Waals surface area (Å²) < 4.78 is 13.1. The van der Waals surface area contributed by atoms with Gasteiger partial charge in [-0.2, -0.15) is 0 Å². The van der Waals surface area contributed by atoms with E-state index in [1.54, 1.807) is 12.5 Å². The lowest BCUT2D eigenvalue weighted by Gasteiger charge is -2.04. The number of imidazole rings is 1. The maximum Gasteiger partial charge on any atom is 0.0948 e. The largest absolute Gasteiger partial charge is 0.333 e. The van der Waals surface area contributed by atoms with Crippen LogP contribution in [-0.4, -0.2) is 25.3 Å². The number of nitrogens with two attached hydrogens (primary N) is 1. The van der Waals surface area contributed by atoms with Crippen molar-refractivity contribution < 1.29 is 4.21 Å². The van der Waals surface area contributed by atoms with Crippen LogP contribution in [0.5, 0.6) is 0 Å². The van der Waals surface area contributed by atoms with Crippen molar-refractivity contribution in [3.63, 3.8) is 0 Å². The number of aromatic nitrogens is 2. The molecule has 13 heavy (non-hydrogen) atoms. The highest BCUT2D eigenvalue weighted by Crippen LogP contribution is 1.98. The van der Waals surface area contributed by atoms with Crippen LogP contribution in [0.3, 0.4) is 0 Å². The molecule has 0 amide bonds. The van der Waals surface area contributed by atoms with Gasteiger partial charge >= 0.3 is 0 Å². The van der Waals surface area contributed by atoms with Gasteiger partial charge in [0.1, 0.15) is 0 Å². The van der Waals surface area contributed by atoms with Crippen LogP contribution in [0.25, 0.3) is 0 Å². The summed E-state index contributed by atoms with van der Waals surface area (Å²) in [7, 11) is -0.711. The van der Waals surface area contributed by atoms with Gasteiger partial charge in [-0.05, 0) is 0 Å². The van der Waals surface area contributed by atoms with Crippen LogP contribution in [-0.2, 0) is 23.9 Å². The molecular weight excluding hydrogens is 186 g/mol. The molecule has 0 radical (unpaired) electrons. The third-order valence-corrected chi connectivity index (χ3v) is 3.17. The Bertz CT molecular complexity index is 285. The predicted molar refractivity (Wildman–Crippen MR) is 53.7 cm³/mol. The number of nitrogens with zero attached hydrogens (tertiary/aromatic N) is 2. The number of rotatable bonds is 5. The summed E-state index contributed by atoms with van der Waals surface area (Å²) in [5, 5.41) is 0. The van der Waals surface area contributed by atoms with Crippen LogP contribution >= 0.6 is 0 Å². The lowest BCUT2D eigenvalue weighted by molar-refractivity contribution is 0.667. The lowest BCUT2D eigenvalue weighted by atomic mass is 10.4.